The Morgan fingerprint density at radius 3 is 2.80 bits per heavy atom. The molecule has 0 amide bonds. The summed E-state index contributed by atoms with van der Waals surface area (Å²) in [7, 11) is 0. The van der Waals surface area contributed by atoms with Crippen LogP contribution in [0.15, 0.2) is 30.6 Å². The summed E-state index contributed by atoms with van der Waals surface area (Å²) in [4.78, 5) is 0. The lowest BCUT2D eigenvalue weighted by atomic mass is 10.0. The molecule has 1 unspecified atom stereocenters. The Balaban J connectivity index is 2.34. The van der Waals surface area contributed by atoms with Crippen LogP contribution in [0.2, 0.25) is 5.02 Å². The molecule has 1 atom stereocenters. The van der Waals surface area contributed by atoms with E-state index in [0.29, 0.717) is 0 Å². The second kappa shape index (κ2) is 6.91. The molecule has 0 aliphatic carbocycles. The Hall–Kier alpha value is -1.32. The normalized spacial score (nSPS) is 12.6. The van der Waals surface area contributed by atoms with Crippen LogP contribution in [0.4, 0.5) is 0 Å². The highest BCUT2D eigenvalue weighted by Gasteiger charge is 2.17. The molecule has 3 nitrogen and oxygen atoms in total. The molecule has 2 aromatic rings. The molecular formula is C16H22ClN3. The van der Waals surface area contributed by atoms with Gasteiger partial charge in [-0.3, -0.25) is 4.68 Å². The molecule has 1 aromatic heterocycles. The minimum absolute atomic E-state index is 0.0960. The molecule has 0 bridgehead atoms. The summed E-state index contributed by atoms with van der Waals surface area (Å²) in [5, 5.41) is 8.71. The average Bonchev–Trinajstić information content (AvgIpc) is 2.86. The van der Waals surface area contributed by atoms with Gasteiger partial charge in [0.1, 0.15) is 0 Å². The van der Waals surface area contributed by atoms with E-state index in [1.54, 1.807) is 0 Å². The SMILES string of the molecule is CCCn1cc(C(NCC)c2ccc(C)cc2Cl)cn1. The van der Waals surface area contributed by atoms with Gasteiger partial charge in [0, 0.05) is 23.3 Å². The Morgan fingerprint density at radius 2 is 2.15 bits per heavy atom. The van der Waals surface area contributed by atoms with E-state index in [0.717, 1.165) is 35.7 Å². The highest BCUT2D eigenvalue weighted by Crippen LogP contribution is 2.29. The maximum absolute atomic E-state index is 6.41. The maximum atomic E-state index is 6.41. The number of hydrogen-bond donors (Lipinski definition) is 1. The van der Waals surface area contributed by atoms with Crippen molar-refractivity contribution in [2.24, 2.45) is 0 Å². The van der Waals surface area contributed by atoms with Gasteiger partial charge in [-0.1, -0.05) is 37.6 Å². The first-order chi connectivity index (χ1) is 9.65. The molecule has 0 spiro atoms. The summed E-state index contributed by atoms with van der Waals surface area (Å²) >= 11 is 6.41. The zero-order valence-corrected chi connectivity index (χ0v) is 13.1. The number of rotatable bonds is 6. The van der Waals surface area contributed by atoms with Crippen LogP contribution in [0, 0.1) is 6.92 Å². The average molecular weight is 292 g/mol. The van der Waals surface area contributed by atoms with Crippen molar-refractivity contribution < 1.29 is 0 Å². The first-order valence-electron chi connectivity index (χ1n) is 7.17. The molecule has 0 aliphatic heterocycles. The molecule has 0 aliphatic rings. The van der Waals surface area contributed by atoms with Gasteiger partial charge in [0.15, 0.2) is 0 Å². The van der Waals surface area contributed by atoms with E-state index in [-0.39, 0.29) is 6.04 Å². The van der Waals surface area contributed by atoms with Crippen molar-refractivity contribution in [3.8, 4) is 0 Å². The van der Waals surface area contributed by atoms with E-state index in [9.17, 15) is 0 Å². The number of aromatic nitrogens is 2. The van der Waals surface area contributed by atoms with Gasteiger partial charge in [-0.05, 0) is 37.1 Å². The predicted molar refractivity (Wildman–Crippen MR) is 84.2 cm³/mol. The van der Waals surface area contributed by atoms with Gasteiger partial charge in [0.2, 0.25) is 0 Å². The van der Waals surface area contributed by atoms with E-state index in [1.165, 1.54) is 5.56 Å². The first-order valence-corrected chi connectivity index (χ1v) is 7.55. The molecule has 0 fully saturated rings. The van der Waals surface area contributed by atoms with Crippen LogP contribution >= 0.6 is 11.6 Å². The lowest BCUT2D eigenvalue weighted by molar-refractivity contribution is 0.597. The summed E-state index contributed by atoms with van der Waals surface area (Å²) in [5.41, 5.74) is 3.44. The van der Waals surface area contributed by atoms with Crippen molar-refractivity contribution in [2.75, 3.05) is 6.54 Å². The quantitative estimate of drug-likeness (QED) is 0.873. The number of benzene rings is 1. The second-order valence-electron chi connectivity index (χ2n) is 5.05. The van der Waals surface area contributed by atoms with Crippen molar-refractivity contribution in [1.82, 2.24) is 15.1 Å². The molecular weight excluding hydrogens is 270 g/mol. The molecule has 4 heteroatoms. The fourth-order valence-electron chi connectivity index (χ4n) is 2.36. The van der Waals surface area contributed by atoms with Crippen LogP contribution in [-0.2, 0) is 6.54 Å². The molecule has 1 N–H and O–H groups in total. The fraction of sp³-hybridized carbons (Fsp3) is 0.438. The molecule has 1 aromatic carbocycles. The lowest BCUT2D eigenvalue weighted by Crippen LogP contribution is -2.22. The van der Waals surface area contributed by atoms with Crippen molar-refractivity contribution in [3.05, 3.63) is 52.3 Å². The van der Waals surface area contributed by atoms with Crippen LogP contribution in [0.3, 0.4) is 0 Å². The summed E-state index contributed by atoms with van der Waals surface area (Å²) in [6, 6.07) is 6.31. The third-order valence-electron chi connectivity index (χ3n) is 3.31. The van der Waals surface area contributed by atoms with E-state index < -0.39 is 0 Å². The molecule has 0 saturated carbocycles. The Kier molecular flexibility index (Phi) is 5.21. The van der Waals surface area contributed by atoms with Gasteiger partial charge in [-0.15, -0.1) is 0 Å². The fourth-order valence-corrected chi connectivity index (χ4v) is 2.70. The van der Waals surface area contributed by atoms with Crippen LogP contribution in [-0.4, -0.2) is 16.3 Å². The third-order valence-corrected chi connectivity index (χ3v) is 3.64. The van der Waals surface area contributed by atoms with Crippen LogP contribution < -0.4 is 5.32 Å². The molecule has 2 rings (SSSR count). The zero-order chi connectivity index (χ0) is 14.5. The Bertz CT molecular complexity index is 563. The molecule has 0 saturated heterocycles. The summed E-state index contributed by atoms with van der Waals surface area (Å²) in [6.45, 7) is 8.14. The van der Waals surface area contributed by atoms with Crippen molar-refractivity contribution in [2.45, 2.75) is 39.8 Å². The highest BCUT2D eigenvalue weighted by molar-refractivity contribution is 6.31. The standard InChI is InChI=1S/C16H22ClN3/c1-4-8-20-11-13(10-19-20)16(18-5-2)14-7-6-12(3)9-15(14)17/h6-7,9-11,16,18H,4-5,8H2,1-3H3. The van der Waals surface area contributed by atoms with E-state index >= 15 is 0 Å². The van der Waals surface area contributed by atoms with Gasteiger partial charge in [-0.25, -0.2) is 0 Å². The molecule has 108 valence electrons. The molecule has 0 radical (unpaired) electrons. The number of halogens is 1. The number of nitrogens with zero attached hydrogens (tertiary/aromatic N) is 2. The topological polar surface area (TPSA) is 29.9 Å². The van der Waals surface area contributed by atoms with Gasteiger partial charge in [0.25, 0.3) is 0 Å². The van der Waals surface area contributed by atoms with E-state index in [1.807, 2.05) is 16.9 Å². The van der Waals surface area contributed by atoms with Gasteiger partial charge in [0.05, 0.1) is 12.2 Å². The first kappa shape index (κ1) is 15.1. The van der Waals surface area contributed by atoms with Crippen LogP contribution in [0.1, 0.15) is 43.0 Å². The molecule has 1 heterocycles. The van der Waals surface area contributed by atoms with Crippen molar-refractivity contribution >= 4 is 11.6 Å². The van der Waals surface area contributed by atoms with Crippen molar-refractivity contribution in [3.63, 3.8) is 0 Å². The third kappa shape index (κ3) is 3.41. The number of nitrogens with one attached hydrogen (secondary N) is 1. The highest BCUT2D eigenvalue weighted by atomic mass is 35.5. The minimum atomic E-state index is 0.0960. The Labute approximate surface area is 126 Å². The smallest absolute Gasteiger partial charge is 0.0622 e. The Morgan fingerprint density at radius 1 is 1.35 bits per heavy atom. The van der Waals surface area contributed by atoms with Crippen LogP contribution in [0.25, 0.3) is 0 Å². The van der Waals surface area contributed by atoms with Gasteiger partial charge < -0.3 is 5.32 Å². The zero-order valence-electron chi connectivity index (χ0n) is 12.4. The summed E-state index contributed by atoms with van der Waals surface area (Å²) < 4.78 is 1.99. The van der Waals surface area contributed by atoms with Crippen LogP contribution in [0.5, 0.6) is 0 Å². The lowest BCUT2D eigenvalue weighted by Gasteiger charge is -2.18. The monoisotopic (exact) mass is 291 g/mol. The van der Waals surface area contributed by atoms with E-state index in [4.69, 9.17) is 11.6 Å². The predicted octanol–water partition coefficient (Wildman–Crippen LogP) is 3.95. The van der Waals surface area contributed by atoms with Gasteiger partial charge in [-0.2, -0.15) is 5.10 Å². The maximum Gasteiger partial charge on any atom is 0.0622 e. The molecule has 20 heavy (non-hydrogen) atoms. The summed E-state index contributed by atoms with van der Waals surface area (Å²) in [6.07, 6.45) is 5.12. The van der Waals surface area contributed by atoms with Gasteiger partial charge >= 0.3 is 0 Å². The van der Waals surface area contributed by atoms with Crippen molar-refractivity contribution in [1.29, 1.82) is 0 Å². The number of aryl methyl sites for hydroxylation is 2. The van der Waals surface area contributed by atoms with E-state index in [2.05, 4.69) is 49.5 Å². The minimum Gasteiger partial charge on any atom is -0.306 e. The largest absolute Gasteiger partial charge is 0.306 e. The summed E-state index contributed by atoms with van der Waals surface area (Å²) in [5.74, 6) is 0. The second-order valence-corrected chi connectivity index (χ2v) is 5.46. The number of hydrogen-bond acceptors (Lipinski definition) is 2.